The lowest BCUT2D eigenvalue weighted by atomic mass is 10.2. The number of aryl methyl sites for hydroxylation is 1. The molecule has 1 aromatic carbocycles. The number of hydrogen-bond donors (Lipinski definition) is 1. The number of aromatic nitrogens is 3. The van der Waals surface area contributed by atoms with Gasteiger partial charge in [0.2, 0.25) is 0 Å². The first-order valence-corrected chi connectivity index (χ1v) is 6.34. The summed E-state index contributed by atoms with van der Waals surface area (Å²) in [6.07, 6.45) is 1.68. The van der Waals surface area contributed by atoms with E-state index >= 15 is 0 Å². The number of nitrogens with one attached hydrogen (secondary N) is 1. The Labute approximate surface area is 116 Å². The summed E-state index contributed by atoms with van der Waals surface area (Å²) >= 11 is 11.9. The monoisotopic (exact) mass is 284 g/mol. The molecule has 1 N–H and O–H groups in total. The van der Waals surface area contributed by atoms with Crippen molar-refractivity contribution in [3.05, 3.63) is 46.0 Å². The summed E-state index contributed by atoms with van der Waals surface area (Å²) < 4.78 is 1.89. The molecule has 0 bridgehead atoms. The van der Waals surface area contributed by atoms with Gasteiger partial charge in [-0.2, -0.15) is 0 Å². The minimum Gasteiger partial charge on any atom is -0.319 e. The Balaban J connectivity index is 2.01. The zero-order valence-electron chi connectivity index (χ0n) is 10.2. The number of halogens is 2. The first kappa shape index (κ1) is 13.3. The fourth-order valence-electron chi connectivity index (χ4n) is 1.76. The second kappa shape index (κ2) is 5.69. The van der Waals surface area contributed by atoms with Crippen LogP contribution in [0.5, 0.6) is 0 Å². The van der Waals surface area contributed by atoms with Gasteiger partial charge in [-0.25, -0.2) is 0 Å². The Morgan fingerprint density at radius 2 is 1.94 bits per heavy atom. The first-order chi connectivity index (χ1) is 8.56. The largest absolute Gasteiger partial charge is 0.319 e. The summed E-state index contributed by atoms with van der Waals surface area (Å²) in [5, 5.41) is 12.6. The smallest absolute Gasteiger partial charge is 0.149 e. The summed E-state index contributed by atoms with van der Waals surface area (Å²) in [4.78, 5) is 0. The van der Waals surface area contributed by atoms with E-state index in [1.54, 1.807) is 12.4 Å². The fourth-order valence-corrected chi connectivity index (χ4v) is 2.33. The maximum atomic E-state index is 5.95. The van der Waals surface area contributed by atoms with E-state index < -0.39 is 0 Å². The van der Waals surface area contributed by atoms with Crippen molar-refractivity contribution in [1.29, 1.82) is 0 Å². The highest BCUT2D eigenvalue weighted by molar-refractivity contribution is 6.34. The molecule has 0 radical (unpaired) electrons. The lowest BCUT2D eigenvalue weighted by Gasteiger charge is -2.13. The van der Waals surface area contributed by atoms with Crippen LogP contribution in [0.4, 0.5) is 0 Å². The summed E-state index contributed by atoms with van der Waals surface area (Å²) in [5.74, 6) is 0.892. The molecule has 0 spiro atoms. The maximum Gasteiger partial charge on any atom is 0.149 e. The van der Waals surface area contributed by atoms with Gasteiger partial charge in [-0.1, -0.05) is 23.2 Å². The highest BCUT2D eigenvalue weighted by atomic mass is 35.5. The standard InChI is InChI=1S/C12H14Cl2N4/c1-8(12-17-16-7-18(12)2)15-6-9-3-10(13)5-11(14)4-9/h3-5,7-8,15H,6H2,1-2H3. The van der Waals surface area contributed by atoms with E-state index in [4.69, 9.17) is 23.2 Å². The van der Waals surface area contributed by atoms with Crippen LogP contribution in [-0.2, 0) is 13.6 Å². The SMILES string of the molecule is CC(NCc1cc(Cl)cc(Cl)c1)c1nncn1C. The van der Waals surface area contributed by atoms with Gasteiger partial charge in [0.25, 0.3) is 0 Å². The van der Waals surface area contributed by atoms with E-state index in [1.807, 2.05) is 30.7 Å². The molecule has 0 saturated heterocycles. The number of hydrogen-bond acceptors (Lipinski definition) is 3. The van der Waals surface area contributed by atoms with Crippen molar-refractivity contribution >= 4 is 23.2 Å². The predicted octanol–water partition coefficient (Wildman–Crippen LogP) is 2.97. The lowest BCUT2D eigenvalue weighted by molar-refractivity contribution is 0.528. The third kappa shape index (κ3) is 3.22. The molecule has 18 heavy (non-hydrogen) atoms. The summed E-state index contributed by atoms with van der Waals surface area (Å²) in [6, 6.07) is 5.61. The van der Waals surface area contributed by atoms with E-state index in [0.717, 1.165) is 11.4 Å². The zero-order chi connectivity index (χ0) is 13.1. The second-order valence-corrected chi connectivity index (χ2v) is 5.05. The van der Waals surface area contributed by atoms with Gasteiger partial charge in [-0.15, -0.1) is 10.2 Å². The highest BCUT2D eigenvalue weighted by Crippen LogP contribution is 2.19. The van der Waals surface area contributed by atoms with Gasteiger partial charge >= 0.3 is 0 Å². The minimum atomic E-state index is 0.107. The van der Waals surface area contributed by atoms with Gasteiger partial charge in [0.15, 0.2) is 0 Å². The molecular weight excluding hydrogens is 271 g/mol. The van der Waals surface area contributed by atoms with Gasteiger partial charge in [0, 0.05) is 23.6 Å². The van der Waals surface area contributed by atoms with E-state index in [9.17, 15) is 0 Å². The van der Waals surface area contributed by atoms with Crippen molar-refractivity contribution < 1.29 is 0 Å². The Kier molecular flexibility index (Phi) is 4.22. The van der Waals surface area contributed by atoms with Crippen LogP contribution >= 0.6 is 23.2 Å². The van der Waals surface area contributed by atoms with Crippen LogP contribution in [0.15, 0.2) is 24.5 Å². The van der Waals surface area contributed by atoms with Crippen molar-refractivity contribution in [3.63, 3.8) is 0 Å². The molecule has 2 aromatic rings. The molecule has 0 fully saturated rings. The lowest BCUT2D eigenvalue weighted by Crippen LogP contribution is -2.21. The molecule has 1 atom stereocenters. The Bertz CT molecular complexity index is 518. The summed E-state index contributed by atoms with van der Waals surface area (Å²) in [7, 11) is 1.92. The Morgan fingerprint density at radius 1 is 1.28 bits per heavy atom. The molecule has 1 aromatic heterocycles. The molecule has 0 aliphatic carbocycles. The van der Waals surface area contributed by atoms with Crippen molar-refractivity contribution in [2.75, 3.05) is 0 Å². The Morgan fingerprint density at radius 3 is 2.50 bits per heavy atom. The van der Waals surface area contributed by atoms with Crippen LogP contribution in [0.3, 0.4) is 0 Å². The molecule has 6 heteroatoms. The average molecular weight is 285 g/mol. The van der Waals surface area contributed by atoms with E-state index in [0.29, 0.717) is 16.6 Å². The van der Waals surface area contributed by atoms with Crippen LogP contribution in [0, 0.1) is 0 Å². The van der Waals surface area contributed by atoms with Gasteiger partial charge < -0.3 is 9.88 Å². The Hall–Kier alpha value is -1.10. The quantitative estimate of drug-likeness (QED) is 0.939. The molecule has 1 heterocycles. The molecule has 2 rings (SSSR count). The zero-order valence-corrected chi connectivity index (χ0v) is 11.7. The average Bonchev–Trinajstić information content (AvgIpc) is 2.71. The van der Waals surface area contributed by atoms with Crippen molar-refractivity contribution in [3.8, 4) is 0 Å². The molecular formula is C12H14Cl2N4. The van der Waals surface area contributed by atoms with Gasteiger partial charge in [0.1, 0.15) is 12.2 Å². The molecule has 0 amide bonds. The van der Waals surface area contributed by atoms with Crippen LogP contribution in [0.1, 0.15) is 24.4 Å². The van der Waals surface area contributed by atoms with E-state index in [2.05, 4.69) is 15.5 Å². The predicted molar refractivity (Wildman–Crippen MR) is 72.7 cm³/mol. The van der Waals surface area contributed by atoms with Crippen LogP contribution < -0.4 is 5.32 Å². The molecule has 0 aliphatic rings. The van der Waals surface area contributed by atoms with Crippen LogP contribution in [-0.4, -0.2) is 14.8 Å². The third-order valence-corrected chi connectivity index (χ3v) is 3.10. The maximum absolute atomic E-state index is 5.95. The third-order valence-electron chi connectivity index (χ3n) is 2.67. The van der Waals surface area contributed by atoms with Crippen molar-refractivity contribution in [1.82, 2.24) is 20.1 Å². The topological polar surface area (TPSA) is 42.7 Å². The molecule has 0 saturated carbocycles. The number of rotatable bonds is 4. The van der Waals surface area contributed by atoms with Gasteiger partial charge in [-0.05, 0) is 30.7 Å². The number of benzene rings is 1. The minimum absolute atomic E-state index is 0.107. The van der Waals surface area contributed by atoms with Gasteiger partial charge in [-0.3, -0.25) is 0 Å². The molecule has 0 aliphatic heterocycles. The molecule has 4 nitrogen and oxygen atoms in total. The molecule has 96 valence electrons. The van der Waals surface area contributed by atoms with Crippen LogP contribution in [0.2, 0.25) is 10.0 Å². The first-order valence-electron chi connectivity index (χ1n) is 5.58. The van der Waals surface area contributed by atoms with Gasteiger partial charge in [0.05, 0.1) is 6.04 Å². The normalized spacial score (nSPS) is 12.7. The van der Waals surface area contributed by atoms with E-state index in [-0.39, 0.29) is 6.04 Å². The van der Waals surface area contributed by atoms with Crippen LogP contribution in [0.25, 0.3) is 0 Å². The summed E-state index contributed by atoms with van der Waals surface area (Å²) in [5.41, 5.74) is 1.04. The fraction of sp³-hybridized carbons (Fsp3) is 0.333. The van der Waals surface area contributed by atoms with Crippen molar-refractivity contribution in [2.24, 2.45) is 7.05 Å². The number of nitrogens with zero attached hydrogens (tertiary/aromatic N) is 3. The molecule has 1 unspecified atom stereocenters. The van der Waals surface area contributed by atoms with Crippen molar-refractivity contribution in [2.45, 2.75) is 19.5 Å². The van der Waals surface area contributed by atoms with E-state index in [1.165, 1.54) is 0 Å². The summed E-state index contributed by atoms with van der Waals surface area (Å²) in [6.45, 7) is 2.71. The highest BCUT2D eigenvalue weighted by Gasteiger charge is 2.10. The second-order valence-electron chi connectivity index (χ2n) is 4.18.